The third kappa shape index (κ3) is 4.54. The summed E-state index contributed by atoms with van der Waals surface area (Å²) in [6.07, 6.45) is 5.80. The van der Waals surface area contributed by atoms with Gasteiger partial charge in [0.2, 0.25) is 0 Å². The third-order valence-corrected chi connectivity index (χ3v) is 5.90. The minimum absolute atomic E-state index is 0.136. The summed E-state index contributed by atoms with van der Waals surface area (Å²) in [6, 6.07) is 6.12. The minimum atomic E-state index is -0.136. The van der Waals surface area contributed by atoms with E-state index in [1.807, 2.05) is 12.3 Å². The molecule has 146 valence electrons. The van der Waals surface area contributed by atoms with Crippen molar-refractivity contribution in [2.75, 3.05) is 26.2 Å². The van der Waals surface area contributed by atoms with Crippen molar-refractivity contribution in [2.24, 2.45) is 7.05 Å². The number of hydrogen-bond donors (Lipinski definition) is 1. The topological polar surface area (TPSA) is 70.3 Å². The summed E-state index contributed by atoms with van der Waals surface area (Å²) in [7, 11) is 2.10. The fourth-order valence-electron chi connectivity index (χ4n) is 4.28. The summed E-state index contributed by atoms with van der Waals surface area (Å²) in [5.74, 6) is 2.56. The second-order valence-corrected chi connectivity index (χ2v) is 7.94. The van der Waals surface area contributed by atoms with Gasteiger partial charge in [-0.1, -0.05) is 6.07 Å². The normalized spacial score (nSPS) is 23.0. The molecule has 0 aliphatic carbocycles. The molecule has 0 amide bonds. The van der Waals surface area contributed by atoms with Crippen LogP contribution < -0.4 is 0 Å². The first-order chi connectivity index (χ1) is 13.2. The average molecular weight is 371 g/mol. The van der Waals surface area contributed by atoms with Crippen LogP contribution in [-0.4, -0.2) is 66.9 Å². The molecule has 7 heteroatoms. The lowest BCUT2D eigenvalue weighted by Gasteiger charge is -2.32. The monoisotopic (exact) mass is 370 g/mol. The van der Waals surface area contributed by atoms with Gasteiger partial charge in [0.25, 0.3) is 0 Å². The van der Waals surface area contributed by atoms with E-state index in [-0.39, 0.29) is 6.10 Å². The van der Waals surface area contributed by atoms with Gasteiger partial charge >= 0.3 is 0 Å². The maximum absolute atomic E-state index is 9.68. The molecule has 0 saturated carbocycles. The lowest BCUT2D eigenvalue weighted by Crippen LogP contribution is -2.36. The summed E-state index contributed by atoms with van der Waals surface area (Å²) in [5, 5.41) is 18.7. The summed E-state index contributed by atoms with van der Waals surface area (Å²) < 4.78 is 2.19. The van der Waals surface area contributed by atoms with Crippen LogP contribution in [0.5, 0.6) is 0 Å². The molecular formula is C20H30N6O. The van der Waals surface area contributed by atoms with Gasteiger partial charge in [0.1, 0.15) is 11.6 Å². The van der Waals surface area contributed by atoms with Gasteiger partial charge in [-0.2, -0.15) is 0 Å². The Morgan fingerprint density at radius 3 is 2.67 bits per heavy atom. The Kier molecular flexibility index (Phi) is 5.80. The molecule has 0 unspecified atom stereocenters. The van der Waals surface area contributed by atoms with Gasteiger partial charge < -0.3 is 9.67 Å². The molecule has 4 heterocycles. The molecule has 4 rings (SSSR count). The highest BCUT2D eigenvalue weighted by atomic mass is 16.3. The number of aromatic nitrogens is 4. The molecule has 0 aromatic carbocycles. The van der Waals surface area contributed by atoms with Crippen molar-refractivity contribution in [1.29, 1.82) is 0 Å². The Hall–Kier alpha value is -1.83. The van der Waals surface area contributed by atoms with Crippen LogP contribution in [0.3, 0.4) is 0 Å². The van der Waals surface area contributed by atoms with Crippen LogP contribution in [0, 0.1) is 0 Å². The number of nitrogens with zero attached hydrogens (tertiary/aromatic N) is 6. The van der Waals surface area contributed by atoms with Gasteiger partial charge in [0, 0.05) is 45.3 Å². The van der Waals surface area contributed by atoms with Crippen LogP contribution in [-0.2, 0) is 20.1 Å². The van der Waals surface area contributed by atoms with Gasteiger partial charge in [-0.25, -0.2) is 0 Å². The predicted molar refractivity (Wildman–Crippen MR) is 103 cm³/mol. The molecule has 2 aromatic heterocycles. The Bertz CT molecular complexity index is 725. The molecule has 7 nitrogen and oxygen atoms in total. The SMILES string of the molecule is Cn1c(CN2CCC(O)CC2)nnc1[C@H]1CCCN(Cc2ccccn2)C1. The molecule has 2 fully saturated rings. The molecule has 0 spiro atoms. The van der Waals surface area contributed by atoms with Gasteiger partial charge in [0.05, 0.1) is 18.3 Å². The first-order valence-corrected chi connectivity index (χ1v) is 10.1. The maximum Gasteiger partial charge on any atom is 0.146 e. The Morgan fingerprint density at radius 1 is 1.04 bits per heavy atom. The number of aliphatic hydroxyl groups is 1. The zero-order valence-electron chi connectivity index (χ0n) is 16.2. The van der Waals surface area contributed by atoms with Crippen LogP contribution in [0.15, 0.2) is 24.4 Å². The number of likely N-dealkylation sites (tertiary alicyclic amines) is 2. The van der Waals surface area contributed by atoms with Crippen molar-refractivity contribution in [3.63, 3.8) is 0 Å². The number of hydrogen-bond acceptors (Lipinski definition) is 6. The highest BCUT2D eigenvalue weighted by molar-refractivity contribution is 5.07. The van der Waals surface area contributed by atoms with Gasteiger partial charge in [-0.05, 0) is 44.4 Å². The van der Waals surface area contributed by atoms with E-state index < -0.39 is 0 Å². The van der Waals surface area contributed by atoms with Gasteiger partial charge in [0.15, 0.2) is 0 Å². The standard InChI is InChI=1S/C20H30N6O/c1-24-19(15-25-11-7-18(27)8-12-25)22-23-20(24)16-5-4-10-26(13-16)14-17-6-2-3-9-21-17/h2-3,6,9,16,18,27H,4-5,7-8,10-15H2,1H3/t16-/m0/s1. The van der Waals surface area contributed by atoms with E-state index in [2.05, 4.69) is 48.7 Å². The first kappa shape index (κ1) is 18.5. The van der Waals surface area contributed by atoms with Crippen molar-refractivity contribution >= 4 is 0 Å². The summed E-state index contributed by atoms with van der Waals surface area (Å²) in [4.78, 5) is 9.32. The largest absolute Gasteiger partial charge is 0.393 e. The molecule has 0 bridgehead atoms. The fraction of sp³-hybridized carbons (Fsp3) is 0.650. The van der Waals surface area contributed by atoms with E-state index in [1.165, 1.54) is 12.8 Å². The van der Waals surface area contributed by atoms with Crippen molar-refractivity contribution in [3.05, 3.63) is 41.7 Å². The van der Waals surface area contributed by atoms with E-state index in [0.717, 1.165) is 69.5 Å². The Morgan fingerprint density at radius 2 is 1.89 bits per heavy atom. The lowest BCUT2D eigenvalue weighted by molar-refractivity contribution is 0.0775. The fourth-order valence-corrected chi connectivity index (χ4v) is 4.28. The van der Waals surface area contributed by atoms with E-state index in [4.69, 9.17) is 0 Å². The molecule has 0 radical (unpaired) electrons. The predicted octanol–water partition coefficient (Wildman–Crippen LogP) is 1.55. The van der Waals surface area contributed by atoms with Crippen LogP contribution in [0.1, 0.15) is 48.9 Å². The minimum Gasteiger partial charge on any atom is -0.393 e. The Balaban J connectivity index is 1.38. The van der Waals surface area contributed by atoms with E-state index in [9.17, 15) is 5.11 Å². The molecule has 2 aliphatic heterocycles. The molecule has 2 saturated heterocycles. The van der Waals surface area contributed by atoms with Crippen LogP contribution in [0.4, 0.5) is 0 Å². The quantitative estimate of drug-likeness (QED) is 0.861. The number of rotatable bonds is 5. The van der Waals surface area contributed by atoms with Gasteiger partial charge in [-0.3, -0.25) is 14.8 Å². The maximum atomic E-state index is 9.68. The first-order valence-electron chi connectivity index (χ1n) is 10.1. The van der Waals surface area contributed by atoms with E-state index >= 15 is 0 Å². The van der Waals surface area contributed by atoms with Gasteiger partial charge in [-0.15, -0.1) is 10.2 Å². The van der Waals surface area contributed by atoms with Crippen molar-refractivity contribution in [1.82, 2.24) is 29.5 Å². The molecule has 2 aromatic rings. The highest BCUT2D eigenvalue weighted by Gasteiger charge is 2.27. The molecule has 2 aliphatic rings. The van der Waals surface area contributed by atoms with Crippen LogP contribution >= 0.6 is 0 Å². The smallest absolute Gasteiger partial charge is 0.146 e. The second-order valence-electron chi connectivity index (χ2n) is 7.94. The summed E-state index contributed by atoms with van der Waals surface area (Å²) in [6.45, 7) is 5.72. The van der Waals surface area contributed by atoms with E-state index in [1.54, 1.807) is 0 Å². The van der Waals surface area contributed by atoms with Crippen molar-refractivity contribution < 1.29 is 5.11 Å². The number of pyridine rings is 1. The third-order valence-electron chi connectivity index (χ3n) is 5.90. The molecular weight excluding hydrogens is 340 g/mol. The zero-order valence-corrected chi connectivity index (χ0v) is 16.2. The molecule has 1 atom stereocenters. The summed E-state index contributed by atoms with van der Waals surface area (Å²) >= 11 is 0. The number of aliphatic hydroxyl groups excluding tert-OH is 1. The van der Waals surface area contributed by atoms with Crippen molar-refractivity contribution in [2.45, 2.75) is 50.8 Å². The van der Waals surface area contributed by atoms with E-state index in [0.29, 0.717) is 5.92 Å². The second kappa shape index (κ2) is 8.46. The Labute approximate surface area is 161 Å². The molecule has 27 heavy (non-hydrogen) atoms. The average Bonchev–Trinajstić information content (AvgIpc) is 3.05. The lowest BCUT2D eigenvalue weighted by atomic mass is 9.97. The number of piperidine rings is 2. The molecule has 1 N–H and O–H groups in total. The zero-order chi connectivity index (χ0) is 18.6. The van der Waals surface area contributed by atoms with Crippen molar-refractivity contribution in [3.8, 4) is 0 Å². The van der Waals surface area contributed by atoms with Crippen LogP contribution in [0.25, 0.3) is 0 Å². The van der Waals surface area contributed by atoms with Crippen LogP contribution in [0.2, 0.25) is 0 Å². The highest BCUT2D eigenvalue weighted by Crippen LogP contribution is 2.27. The summed E-state index contributed by atoms with van der Waals surface area (Å²) in [5.41, 5.74) is 1.13.